The molecule has 3 aliphatic rings. The highest BCUT2D eigenvalue weighted by Gasteiger charge is 2.62. The van der Waals surface area contributed by atoms with E-state index in [1.165, 1.54) is 12.0 Å². The summed E-state index contributed by atoms with van der Waals surface area (Å²) < 4.78 is 46.4. The Kier molecular flexibility index (Phi) is 6.29. The number of nitrogens with one attached hydrogen (secondary N) is 1. The zero-order chi connectivity index (χ0) is 26.4. The predicted octanol–water partition coefficient (Wildman–Crippen LogP) is 5.31. The van der Waals surface area contributed by atoms with Gasteiger partial charge >= 0.3 is 6.18 Å². The molecular weight excluding hydrogens is 485 g/mol. The molecule has 194 valence electrons. The maximum atomic E-state index is 13.8. The van der Waals surface area contributed by atoms with Crippen LogP contribution in [0, 0.1) is 16.7 Å². The van der Waals surface area contributed by atoms with E-state index in [1.807, 2.05) is 0 Å². The first-order valence-electron chi connectivity index (χ1n) is 12.2. The van der Waals surface area contributed by atoms with Crippen molar-refractivity contribution < 1.29 is 27.5 Å². The zero-order valence-electron chi connectivity index (χ0n) is 20.3. The van der Waals surface area contributed by atoms with E-state index in [2.05, 4.69) is 4.99 Å². The number of methoxy groups -OCH3 is 1. The van der Waals surface area contributed by atoms with E-state index >= 15 is 0 Å². The standard InChI is InChI=1S/C27H27F3N4O3/c1-37-20-11-5-17(6-12-20)32-23-22(24(31)27(28,29)30)26(13-14-26)16-34(25(23)36)19-9-7-18(8-10-19)33-15-3-2-4-21(33)35/h5-12,22,31H,2-4,13-16H2,1H3. The van der Waals surface area contributed by atoms with E-state index in [-0.39, 0.29) is 18.2 Å². The Bertz CT molecular complexity index is 1250. The number of amides is 2. The lowest BCUT2D eigenvalue weighted by Crippen LogP contribution is -2.56. The molecule has 2 aromatic rings. The topological polar surface area (TPSA) is 86.1 Å². The van der Waals surface area contributed by atoms with Crippen LogP contribution < -0.4 is 14.5 Å². The van der Waals surface area contributed by atoms with Crippen molar-refractivity contribution >= 4 is 40.3 Å². The van der Waals surface area contributed by atoms with Crippen LogP contribution in [-0.2, 0) is 9.59 Å². The Balaban J connectivity index is 1.52. The Morgan fingerprint density at radius 1 is 1.00 bits per heavy atom. The maximum Gasteiger partial charge on any atom is 0.429 e. The largest absolute Gasteiger partial charge is 0.497 e. The fraction of sp³-hybridized carbons (Fsp3) is 0.407. The van der Waals surface area contributed by atoms with Gasteiger partial charge in [-0.25, -0.2) is 4.99 Å². The molecule has 7 nitrogen and oxygen atoms in total. The highest BCUT2D eigenvalue weighted by Crippen LogP contribution is 2.57. The summed E-state index contributed by atoms with van der Waals surface area (Å²) in [4.78, 5) is 33.5. The molecule has 0 radical (unpaired) electrons. The molecule has 0 bridgehead atoms. The number of nitrogens with zero attached hydrogens (tertiary/aromatic N) is 3. The number of hydrogen-bond donors (Lipinski definition) is 1. The summed E-state index contributed by atoms with van der Waals surface area (Å²) in [5.74, 6) is -1.50. The van der Waals surface area contributed by atoms with Gasteiger partial charge in [0.2, 0.25) is 5.91 Å². The van der Waals surface area contributed by atoms with Crippen LogP contribution >= 0.6 is 0 Å². The lowest BCUT2D eigenvalue weighted by molar-refractivity contribution is -0.119. The van der Waals surface area contributed by atoms with Crippen LogP contribution in [0.3, 0.4) is 0 Å². The van der Waals surface area contributed by atoms with E-state index in [1.54, 1.807) is 53.4 Å². The molecule has 1 spiro atoms. The summed E-state index contributed by atoms with van der Waals surface area (Å²) in [5, 5.41) is 7.98. The van der Waals surface area contributed by atoms with E-state index in [0.29, 0.717) is 42.9 Å². The average Bonchev–Trinajstić information content (AvgIpc) is 3.66. The van der Waals surface area contributed by atoms with E-state index < -0.39 is 29.1 Å². The van der Waals surface area contributed by atoms with Crippen molar-refractivity contribution in [1.29, 1.82) is 5.41 Å². The van der Waals surface area contributed by atoms with E-state index in [0.717, 1.165) is 18.5 Å². The van der Waals surface area contributed by atoms with E-state index in [4.69, 9.17) is 10.1 Å². The number of aliphatic imine (C=N–C) groups is 1. The van der Waals surface area contributed by atoms with Crippen LogP contribution in [-0.4, -0.2) is 49.6 Å². The van der Waals surface area contributed by atoms with Gasteiger partial charge in [-0.1, -0.05) is 0 Å². The van der Waals surface area contributed by atoms with Gasteiger partial charge in [0.15, 0.2) is 0 Å². The number of halogens is 3. The van der Waals surface area contributed by atoms with Gasteiger partial charge in [-0.15, -0.1) is 0 Å². The molecule has 10 heteroatoms. The number of benzene rings is 2. The molecule has 2 amide bonds. The van der Waals surface area contributed by atoms with Crippen molar-refractivity contribution in [2.45, 2.75) is 38.3 Å². The van der Waals surface area contributed by atoms with Crippen molar-refractivity contribution in [3.05, 3.63) is 48.5 Å². The van der Waals surface area contributed by atoms with Gasteiger partial charge in [-0.3, -0.25) is 15.0 Å². The molecule has 1 saturated carbocycles. The molecule has 2 aliphatic heterocycles. The first kappa shape index (κ1) is 25.0. The van der Waals surface area contributed by atoms with Gasteiger partial charge in [0.25, 0.3) is 5.91 Å². The molecule has 3 fully saturated rings. The maximum absolute atomic E-state index is 13.8. The summed E-state index contributed by atoms with van der Waals surface area (Å²) in [6.45, 7) is 0.697. The lowest BCUT2D eigenvalue weighted by Gasteiger charge is -2.40. The smallest absolute Gasteiger partial charge is 0.429 e. The number of rotatable bonds is 5. The van der Waals surface area contributed by atoms with Crippen molar-refractivity contribution in [3.8, 4) is 5.75 Å². The summed E-state index contributed by atoms with van der Waals surface area (Å²) in [6, 6.07) is 13.3. The quantitative estimate of drug-likeness (QED) is 0.551. The molecule has 1 atom stereocenters. The third-order valence-electron chi connectivity index (χ3n) is 7.43. The van der Waals surface area contributed by atoms with Gasteiger partial charge in [0.1, 0.15) is 17.2 Å². The second kappa shape index (κ2) is 9.32. The Labute approximate surface area is 212 Å². The highest BCUT2D eigenvalue weighted by molar-refractivity contribution is 6.49. The molecule has 1 aliphatic carbocycles. The number of ether oxygens (including phenoxy) is 1. The van der Waals surface area contributed by atoms with Crippen LogP contribution in [0.1, 0.15) is 32.1 Å². The summed E-state index contributed by atoms with van der Waals surface area (Å²) >= 11 is 0. The van der Waals surface area contributed by atoms with Gasteiger partial charge < -0.3 is 14.5 Å². The molecule has 1 unspecified atom stereocenters. The zero-order valence-corrected chi connectivity index (χ0v) is 20.3. The number of hydrogen-bond acceptors (Lipinski definition) is 5. The number of carbonyl (C=O) groups excluding carboxylic acids is 2. The number of piperidine rings is 2. The summed E-state index contributed by atoms with van der Waals surface area (Å²) in [5.41, 5.74) is -1.07. The Morgan fingerprint density at radius 3 is 2.16 bits per heavy atom. The normalized spacial score (nSPS) is 22.5. The van der Waals surface area contributed by atoms with Crippen LogP contribution in [0.4, 0.5) is 30.2 Å². The molecule has 0 aromatic heterocycles. The van der Waals surface area contributed by atoms with Crippen molar-refractivity contribution in [2.24, 2.45) is 16.3 Å². The van der Waals surface area contributed by atoms with Gasteiger partial charge in [-0.2, -0.15) is 13.2 Å². The number of carbonyl (C=O) groups is 2. The Morgan fingerprint density at radius 2 is 1.62 bits per heavy atom. The predicted molar refractivity (Wildman–Crippen MR) is 134 cm³/mol. The first-order valence-corrected chi connectivity index (χ1v) is 12.2. The Hall–Kier alpha value is -3.69. The molecule has 5 rings (SSSR count). The molecule has 2 aromatic carbocycles. The molecule has 37 heavy (non-hydrogen) atoms. The molecule has 1 N–H and O–H groups in total. The van der Waals surface area contributed by atoms with Gasteiger partial charge in [0.05, 0.1) is 18.7 Å². The van der Waals surface area contributed by atoms with Gasteiger partial charge in [-0.05, 0) is 74.2 Å². The molecule has 2 heterocycles. The minimum Gasteiger partial charge on any atom is -0.497 e. The average molecular weight is 513 g/mol. The molecular formula is C27H27F3N4O3. The van der Waals surface area contributed by atoms with Gasteiger partial charge in [0, 0.05) is 36.3 Å². The minimum absolute atomic E-state index is 0.0485. The highest BCUT2D eigenvalue weighted by atomic mass is 19.4. The second-order valence-electron chi connectivity index (χ2n) is 9.81. The second-order valence-corrected chi connectivity index (χ2v) is 9.81. The van der Waals surface area contributed by atoms with Crippen LogP contribution in [0.2, 0.25) is 0 Å². The summed E-state index contributed by atoms with van der Waals surface area (Å²) in [7, 11) is 1.49. The summed E-state index contributed by atoms with van der Waals surface area (Å²) in [6.07, 6.45) is -1.68. The monoisotopic (exact) mass is 512 g/mol. The number of alkyl halides is 3. The van der Waals surface area contributed by atoms with Crippen LogP contribution in [0.15, 0.2) is 53.5 Å². The fourth-order valence-electron chi connectivity index (χ4n) is 5.25. The van der Waals surface area contributed by atoms with Crippen molar-refractivity contribution in [3.63, 3.8) is 0 Å². The van der Waals surface area contributed by atoms with E-state index in [9.17, 15) is 22.8 Å². The van der Waals surface area contributed by atoms with Crippen LogP contribution in [0.5, 0.6) is 5.75 Å². The third kappa shape index (κ3) is 4.72. The lowest BCUT2D eigenvalue weighted by atomic mass is 9.76. The first-order chi connectivity index (χ1) is 17.6. The number of anilines is 2. The molecule has 2 saturated heterocycles. The van der Waals surface area contributed by atoms with Crippen molar-refractivity contribution in [2.75, 3.05) is 30.0 Å². The fourth-order valence-corrected chi connectivity index (χ4v) is 5.25. The minimum atomic E-state index is -4.87. The van der Waals surface area contributed by atoms with Crippen molar-refractivity contribution in [1.82, 2.24) is 0 Å². The SMILES string of the molecule is COc1ccc(N=C2C(=O)N(c3ccc(N4CCCCC4=O)cc3)CC3(CC3)C2C(=N)C(F)(F)F)cc1. The van der Waals surface area contributed by atoms with Crippen LogP contribution in [0.25, 0.3) is 0 Å². The third-order valence-corrected chi connectivity index (χ3v) is 7.43.